The molecule has 4 rings (SSSR count). The molecule has 1 fully saturated rings. The molecule has 1 saturated heterocycles. The van der Waals surface area contributed by atoms with Crippen molar-refractivity contribution in [1.29, 1.82) is 0 Å². The summed E-state index contributed by atoms with van der Waals surface area (Å²) in [7, 11) is 0. The van der Waals surface area contributed by atoms with Gasteiger partial charge >= 0.3 is 0 Å². The maximum atomic E-state index is 6.33. The molecule has 1 unspecified atom stereocenters. The van der Waals surface area contributed by atoms with Gasteiger partial charge in [0.2, 0.25) is 0 Å². The van der Waals surface area contributed by atoms with Gasteiger partial charge in [-0.2, -0.15) is 0 Å². The zero-order chi connectivity index (χ0) is 19.3. The molecule has 0 radical (unpaired) electrons. The Morgan fingerprint density at radius 3 is 2.46 bits per heavy atom. The molecule has 0 spiro atoms. The molecule has 1 aliphatic heterocycles. The van der Waals surface area contributed by atoms with Crippen LogP contribution in [0.15, 0.2) is 72.8 Å². The summed E-state index contributed by atoms with van der Waals surface area (Å²) >= 11 is 12.5. The Hall–Kier alpha value is -1.84. The Morgan fingerprint density at radius 2 is 1.68 bits per heavy atom. The third-order valence-electron chi connectivity index (χ3n) is 5.26. The predicted octanol–water partition coefficient (Wildman–Crippen LogP) is 5.68. The molecule has 0 aliphatic carbocycles. The highest BCUT2D eigenvalue weighted by Crippen LogP contribution is 2.30. The summed E-state index contributed by atoms with van der Waals surface area (Å²) in [5.74, 6) is 0. The van der Waals surface area contributed by atoms with E-state index < -0.39 is 0 Å². The monoisotopic (exact) mass is 410 g/mol. The van der Waals surface area contributed by atoms with Crippen molar-refractivity contribution in [3.63, 3.8) is 0 Å². The third kappa shape index (κ3) is 4.95. The minimum Gasteiger partial charge on any atom is -0.311 e. The highest BCUT2D eigenvalue weighted by molar-refractivity contribution is 6.35. The Labute approximate surface area is 177 Å². The van der Waals surface area contributed by atoms with Gasteiger partial charge in [0.15, 0.2) is 0 Å². The third-order valence-corrected chi connectivity index (χ3v) is 5.83. The largest absolute Gasteiger partial charge is 0.311 e. The summed E-state index contributed by atoms with van der Waals surface area (Å²) in [6, 6.07) is 25.5. The zero-order valence-corrected chi connectivity index (χ0v) is 17.3. The van der Waals surface area contributed by atoms with E-state index in [-0.39, 0.29) is 0 Å². The van der Waals surface area contributed by atoms with E-state index in [2.05, 4.69) is 64.8 Å². The molecule has 1 atom stereocenters. The van der Waals surface area contributed by atoms with E-state index in [0.29, 0.717) is 11.1 Å². The molecule has 1 N–H and O–H groups in total. The van der Waals surface area contributed by atoms with Crippen LogP contribution in [0.5, 0.6) is 0 Å². The average molecular weight is 411 g/mol. The molecule has 0 amide bonds. The fraction of sp³-hybridized carbons (Fsp3) is 0.250. The molecular formula is C24H24Cl2N2. The van der Waals surface area contributed by atoms with E-state index in [1.807, 2.05) is 18.2 Å². The van der Waals surface area contributed by atoms with Crippen LogP contribution in [0.2, 0.25) is 10.0 Å². The SMILES string of the molecule is Clc1ccc(Cl)c(-c2ccc(CN3CCNC(Cc4ccccc4)C3)cc2)c1. The number of hydrogen-bond donors (Lipinski definition) is 1. The van der Waals surface area contributed by atoms with Gasteiger partial charge in [-0.1, -0.05) is 77.8 Å². The van der Waals surface area contributed by atoms with E-state index in [9.17, 15) is 0 Å². The van der Waals surface area contributed by atoms with Crippen LogP contribution in [0.4, 0.5) is 0 Å². The maximum Gasteiger partial charge on any atom is 0.0485 e. The molecule has 1 heterocycles. The second-order valence-electron chi connectivity index (χ2n) is 7.40. The van der Waals surface area contributed by atoms with Crippen molar-refractivity contribution in [2.45, 2.75) is 19.0 Å². The molecule has 3 aromatic rings. The lowest BCUT2D eigenvalue weighted by atomic mass is 10.0. The molecule has 0 aromatic heterocycles. The predicted molar refractivity (Wildman–Crippen MR) is 119 cm³/mol. The van der Waals surface area contributed by atoms with Crippen molar-refractivity contribution in [2.75, 3.05) is 19.6 Å². The van der Waals surface area contributed by atoms with Gasteiger partial charge in [0, 0.05) is 47.8 Å². The van der Waals surface area contributed by atoms with Gasteiger partial charge in [-0.25, -0.2) is 0 Å². The normalized spacial score (nSPS) is 17.6. The Kier molecular flexibility index (Phi) is 6.33. The first kappa shape index (κ1) is 19.5. The quantitative estimate of drug-likeness (QED) is 0.581. The molecule has 0 saturated carbocycles. The number of benzene rings is 3. The van der Waals surface area contributed by atoms with Crippen molar-refractivity contribution >= 4 is 23.2 Å². The molecule has 2 nitrogen and oxygen atoms in total. The Balaban J connectivity index is 1.39. The molecular weight excluding hydrogens is 387 g/mol. The lowest BCUT2D eigenvalue weighted by Gasteiger charge is -2.34. The first-order chi connectivity index (χ1) is 13.7. The molecule has 3 aromatic carbocycles. The number of halogens is 2. The zero-order valence-electron chi connectivity index (χ0n) is 15.7. The molecule has 1 aliphatic rings. The summed E-state index contributed by atoms with van der Waals surface area (Å²) in [6.45, 7) is 4.15. The fourth-order valence-corrected chi connectivity index (χ4v) is 4.24. The maximum absolute atomic E-state index is 6.33. The second-order valence-corrected chi connectivity index (χ2v) is 8.24. The van der Waals surface area contributed by atoms with Crippen LogP contribution in [0, 0.1) is 0 Å². The smallest absolute Gasteiger partial charge is 0.0485 e. The lowest BCUT2D eigenvalue weighted by Crippen LogP contribution is -2.51. The van der Waals surface area contributed by atoms with Crippen molar-refractivity contribution < 1.29 is 0 Å². The van der Waals surface area contributed by atoms with Crippen LogP contribution < -0.4 is 5.32 Å². The average Bonchev–Trinajstić information content (AvgIpc) is 2.72. The van der Waals surface area contributed by atoms with E-state index in [0.717, 1.165) is 48.7 Å². The van der Waals surface area contributed by atoms with Gasteiger partial charge in [-0.15, -0.1) is 0 Å². The van der Waals surface area contributed by atoms with Gasteiger partial charge in [0.25, 0.3) is 0 Å². The van der Waals surface area contributed by atoms with Gasteiger partial charge in [-0.3, -0.25) is 4.90 Å². The fourth-order valence-electron chi connectivity index (χ4n) is 3.84. The Morgan fingerprint density at radius 1 is 0.893 bits per heavy atom. The molecule has 0 bridgehead atoms. The summed E-state index contributed by atoms with van der Waals surface area (Å²) < 4.78 is 0. The van der Waals surface area contributed by atoms with Crippen LogP contribution in [-0.2, 0) is 13.0 Å². The number of rotatable bonds is 5. The van der Waals surface area contributed by atoms with Gasteiger partial charge in [0.1, 0.15) is 0 Å². The number of piperazine rings is 1. The molecule has 4 heteroatoms. The standard InChI is InChI=1S/C24H24Cl2N2/c25-21-10-11-24(26)23(15-21)20-8-6-19(7-9-20)16-28-13-12-27-22(17-28)14-18-4-2-1-3-5-18/h1-11,15,22,27H,12-14,16-17H2. The topological polar surface area (TPSA) is 15.3 Å². The molecule has 144 valence electrons. The highest BCUT2D eigenvalue weighted by Gasteiger charge is 2.19. The van der Waals surface area contributed by atoms with E-state index >= 15 is 0 Å². The first-order valence-corrected chi connectivity index (χ1v) is 10.5. The van der Waals surface area contributed by atoms with Crippen molar-refractivity contribution in [3.05, 3.63) is 94.0 Å². The first-order valence-electron chi connectivity index (χ1n) is 9.71. The second kappa shape index (κ2) is 9.11. The van der Waals surface area contributed by atoms with E-state index in [4.69, 9.17) is 23.2 Å². The Bertz CT molecular complexity index is 910. The highest BCUT2D eigenvalue weighted by atomic mass is 35.5. The van der Waals surface area contributed by atoms with Crippen LogP contribution in [0.25, 0.3) is 11.1 Å². The summed E-state index contributed by atoms with van der Waals surface area (Å²) in [6.07, 6.45) is 1.07. The van der Waals surface area contributed by atoms with E-state index in [1.165, 1.54) is 11.1 Å². The van der Waals surface area contributed by atoms with Crippen molar-refractivity contribution in [1.82, 2.24) is 10.2 Å². The van der Waals surface area contributed by atoms with E-state index in [1.54, 1.807) is 0 Å². The van der Waals surface area contributed by atoms with Gasteiger partial charge < -0.3 is 5.32 Å². The van der Waals surface area contributed by atoms with Gasteiger partial charge in [-0.05, 0) is 41.3 Å². The summed E-state index contributed by atoms with van der Waals surface area (Å²) in [5, 5.41) is 5.08. The van der Waals surface area contributed by atoms with Crippen molar-refractivity contribution in [2.24, 2.45) is 0 Å². The molecule has 28 heavy (non-hydrogen) atoms. The van der Waals surface area contributed by atoms with Crippen LogP contribution in [-0.4, -0.2) is 30.6 Å². The minimum absolute atomic E-state index is 0.501. The number of hydrogen-bond acceptors (Lipinski definition) is 2. The number of nitrogens with zero attached hydrogens (tertiary/aromatic N) is 1. The van der Waals surface area contributed by atoms with Crippen LogP contribution >= 0.6 is 23.2 Å². The lowest BCUT2D eigenvalue weighted by molar-refractivity contribution is 0.192. The van der Waals surface area contributed by atoms with Crippen molar-refractivity contribution in [3.8, 4) is 11.1 Å². The van der Waals surface area contributed by atoms with Gasteiger partial charge in [0.05, 0.1) is 0 Å². The van der Waals surface area contributed by atoms with Crippen LogP contribution in [0.3, 0.4) is 0 Å². The summed E-state index contributed by atoms with van der Waals surface area (Å²) in [4.78, 5) is 2.53. The summed E-state index contributed by atoms with van der Waals surface area (Å²) in [5.41, 5.74) is 4.79. The van der Waals surface area contributed by atoms with Crippen LogP contribution in [0.1, 0.15) is 11.1 Å². The minimum atomic E-state index is 0.501. The number of nitrogens with one attached hydrogen (secondary N) is 1.